The van der Waals surface area contributed by atoms with Gasteiger partial charge in [0.1, 0.15) is 9.55 Å². The molecule has 0 atom stereocenters. The van der Waals surface area contributed by atoms with Crippen LogP contribution in [0.3, 0.4) is 0 Å². The zero-order chi connectivity index (χ0) is 17.6. The van der Waals surface area contributed by atoms with E-state index in [1.54, 1.807) is 0 Å². The summed E-state index contributed by atoms with van der Waals surface area (Å²) in [4.78, 5) is 10.1. The smallest absolute Gasteiger partial charge is 0.270 e. The van der Waals surface area contributed by atoms with E-state index < -0.39 is 0 Å². The maximum Gasteiger partial charge on any atom is 0.270 e. The van der Waals surface area contributed by atoms with E-state index in [9.17, 15) is 0 Å². The molecule has 2 aromatic heterocycles. The van der Waals surface area contributed by atoms with Crippen LogP contribution in [0.4, 0.5) is 5.69 Å². The van der Waals surface area contributed by atoms with Crippen molar-refractivity contribution >= 4 is 22.6 Å². The maximum absolute atomic E-state index is 6.44. The van der Waals surface area contributed by atoms with Crippen molar-refractivity contribution in [3.8, 4) is 22.2 Å². The van der Waals surface area contributed by atoms with Crippen molar-refractivity contribution < 1.29 is 4.52 Å². The Morgan fingerprint density at radius 1 is 1.08 bits per heavy atom. The summed E-state index contributed by atoms with van der Waals surface area (Å²) in [5.74, 6) is 0.999. The van der Waals surface area contributed by atoms with Gasteiger partial charge in [-0.05, 0) is 32.8 Å². The third-order valence-corrected chi connectivity index (χ3v) is 5.51. The van der Waals surface area contributed by atoms with Crippen molar-refractivity contribution in [1.82, 2.24) is 10.1 Å². The summed E-state index contributed by atoms with van der Waals surface area (Å²) in [5, 5.41) is 5.10. The van der Waals surface area contributed by atoms with Gasteiger partial charge < -0.3 is 10.3 Å². The van der Waals surface area contributed by atoms with E-state index in [1.807, 2.05) is 37.3 Å². The van der Waals surface area contributed by atoms with E-state index in [0.717, 1.165) is 32.4 Å². The average Bonchev–Trinajstić information content (AvgIpc) is 3.17. The van der Waals surface area contributed by atoms with E-state index >= 15 is 0 Å². The molecule has 5 nitrogen and oxygen atoms in total. The number of nitrogens with two attached hydrogens (primary N) is 1. The van der Waals surface area contributed by atoms with Gasteiger partial charge in [0.2, 0.25) is 5.82 Å². The van der Waals surface area contributed by atoms with Crippen molar-refractivity contribution in [2.45, 2.75) is 27.2 Å². The molecule has 0 amide bonds. The summed E-state index contributed by atoms with van der Waals surface area (Å²) in [6, 6.07) is 9.75. The second-order valence-corrected chi connectivity index (χ2v) is 7.25. The number of thiophene rings is 1. The molecular formula is C19H18N4OS. The SMILES string of the molecule is CC1=C(C)N=c2sc(-c3nc(-c4ccccc4)no3)c(N)c2=C(C)C1. The molecule has 2 N–H and O–H groups in total. The van der Waals surface area contributed by atoms with Gasteiger partial charge in [-0.1, -0.05) is 41.1 Å². The van der Waals surface area contributed by atoms with E-state index in [4.69, 9.17) is 15.2 Å². The Morgan fingerprint density at radius 2 is 1.84 bits per heavy atom. The fraction of sp³-hybridized carbons (Fsp3) is 0.211. The molecule has 6 heteroatoms. The summed E-state index contributed by atoms with van der Waals surface area (Å²) in [6.07, 6.45) is 0.877. The molecule has 3 heterocycles. The Hall–Kier alpha value is -2.73. The normalized spacial score (nSPS) is 14.3. The summed E-state index contributed by atoms with van der Waals surface area (Å²) >= 11 is 1.50. The van der Waals surface area contributed by atoms with Gasteiger partial charge in [-0.15, -0.1) is 11.3 Å². The Labute approximate surface area is 149 Å². The molecule has 0 radical (unpaired) electrons. The fourth-order valence-electron chi connectivity index (χ4n) is 2.96. The van der Waals surface area contributed by atoms with Gasteiger partial charge in [0, 0.05) is 16.5 Å². The Balaban J connectivity index is 1.88. The van der Waals surface area contributed by atoms with Crippen molar-refractivity contribution in [1.29, 1.82) is 0 Å². The first kappa shape index (κ1) is 15.8. The molecule has 0 saturated carbocycles. The molecule has 1 aromatic carbocycles. The molecule has 0 spiro atoms. The van der Waals surface area contributed by atoms with Crippen LogP contribution in [0.25, 0.3) is 27.7 Å². The van der Waals surface area contributed by atoms with E-state index in [0.29, 0.717) is 17.4 Å². The quantitative estimate of drug-likeness (QED) is 0.767. The first-order valence-electron chi connectivity index (χ1n) is 8.07. The van der Waals surface area contributed by atoms with Crippen LogP contribution in [0.2, 0.25) is 0 Å². The Morgan fingerprint density at radius 3 is 2.60 bits per heavy atom. The largest absolute Gasteiger partial charge is 0.397 e. The van der Waals surface area contributed by atoms with Gasteiger partial charge in [-0.25, -0.2) is 4.99 Å². The summed E-state index contributed by atoms with van der Waals surface area (Å²) in [5.41, 5.74) is 11.6. The van der Waals surface area contributed by atoms with Crippen molar-refractivity contribution in [3.63, 3.8) is 0 Å². The predicted octanol–water partition coefficient (Wildman–Crippen LogP) is 3.54. The lowest BCUT2D eigenvalue weighted by Crippen LogP contribution is -2.23. The van der Waals surface area contributed by atoms with E-state index in [1.165, 1.54) is 22.5 Å². The lowest BCUT2D eigenvalue weighted by Gasteiger charge is -2.01. The highest BCUT2D eigenvalue weighted by atomic mass is 32.1. The average molecular weight is 350 g/mol. The molecule has 0 saturated heterocycles. The molecule has 1 aliphatic heterocycles. The molecule has 0 aliphatic carbocycles. The molecule has 25 heavy (non-hydrogen) atoms. The number of aromatic nitrogens is 2. The highest BCUT2D eigenvalue weighted by Gasteiger charge is 2.19. The number of fused-ring (bicyclic) bond motifs is 1. The number of nitrogen functional groups attached to an aromatic ring is 1. The molecule has 3 aromatic rings. The standard InChI is InChI=1S/C19H18N4OS/c1-10-9-11(2)14-15(20)16(25-19(14)21-12(10)3)18-22-17(23-24-18)13-7-5-4-6-8-13/h4-8H,9,20H2,1-3H3. The molecule has 4 rings (SSSR count). The van der Waals surface area contributed by atoms with Crippen LogP contribution >= 0.6 is 11.3 Å². The first-order valence-corrected chi connectivity index (χ1v) is 8.89. The zero-order valence-corrected chi connectivity index (χ0v) is 15.1. The van der Waals surface area contributed by atoms with Gasteiger partial charge in [0.15, 0.2) is 0 Å². The molecular weight excluding hydrogens is 332 g/mol. The van der Waals surface area contributed by atoms with Crippen molar-refractivity contribution in [3.05, 3.63) is 51.5 Å². The number of hydrogen-bond donors (Lipinski definition) is 1. The highest BCUT2D eigenvalue weighted by Crippen LogP contribution is 2.29. The number of hydrogen-bond acceptors (Lipinski definition) is 6. The zero-order valence-electron chi connectivity index (χ0n) is 14.3. The van der Waals surface area contributed by atoms with Crippen LogP contribution in [0.5, 0.6) is 0 Å². The molecule has 126 valence electrons. The third kappa shape index (κ3) is 2.68. The second kappa shape index (κ2) is 5.97. The monoisotopic (exact) mass is 350 g/mol. The van der Waals surface area contributed by atoms with Crippen LogP contribution in [0.1, 0.15) is 27.2 Å². The van der Waals surface area contributed by atoms with E-state index in [2.05, 4.69) is 24.0 Å². The number of rotatable bonds is 2. The van der Waals surface area contributed by atoms with Gasteiger partial charge in [-0.2, -0.15) is 4.98 Å². The lowest BCUT2D eigenvalue weighted by atomic mass is 10.1. The number of benzene rings is 1. The molecule has 0 bridgehead atoms. The van der Waals surface area contributed by atoms with E-state index in [-0.39, 0.29) is 0 Å². The van der Waals surface area contributed by atoms with Crippen LogP contribution in [-0.2, 0) is 0 Å². The minimum absolute atomic E-state index is 0.441. The van der Waals surface area contributed by atoms with Crippen LogP contribution in [-0.4, -0.2) is 10.1 Å². The van der Waals surface area contributed by atoms with Gasteiger partial charge >= 0.3 is 0 Å². The Bertz CT molecular complexity index is 1110. The Kier molecular flexibility index (Phi) is 3.77. The first-order chi connectivity index (χ1) is 12.0. The number of allylic oxidation sites excluding steroid dienone is 2. The van der Waals surface area contributed by atoms with Gasteiger partial charge in [-0.3, -0.25) is 0 Å². The minimum atomic E-state index is 0.441. The summed E-state index contributed by atoms with van der Waals surface area (Å²) in [7, 11) is 0. The summed E-state index contributed by atoms with van der Waals surface area (Å²) in [6.45, 7) is 6.25. The lowest BCUT2D eigenvalue weighted by molar-refractivity contribution is 0.433. The topological polar surface area (TPSA) is 77.3 Å². The van der Waals surface area contributed by atoms with Gasteiger partial charge in [0.05, 0.1) is 5.69 Å². The summed E-state index contributed by atoms with van der Waals surface area (Å²) < 4.78 is 6.40. The van der Waals surface area contributed by atoms with Crippen LogP contribution < -0.4 is 15.6 Å². The predicted molar refractivity (Wildman–Crippen MR) is 100 cm³/mol. The number of anilines is 1. The molecule has 0 unspecified atom stereocenters. The van der Waals surface area contributed by atoms with Gasteiger partial charge in [0.25, 0.3) is 5.89 Å². The van der Waals surface area contributed by atoms with Crippen LogP contribution in [0, 0.1) is 0 Å². The molecule has 0 fully saturated rings. The second-order valence-electron chi connectivity index (χ2n) is 6.25. The van der Waals surface area contributed by atoms with Crippen LogP contribution in [0.15, 0.2) is 51.1 Å². The minimum Gasteiger partial charge on any atom is -0.397 e. The highest BCUT2D eigenvalue weighted by molar-refractivity contribution is 7.13. The third-order valence-electron chi connectivity index (χ3n) is 4.42. The fourth-order valence-corrected chi connectivity index (χ4v) is 4.11. The number of nitrogens with zero attached hydrogens (tertiary/aromatic N) is 3. The maximum atomic E-state index is 6.44. The van der Waals surface area contributed by atoms with Crippen molar-refractivity contribution in [2.24, 2.45) is 4.99 Å². The molecule has 1 aliphatic rings. The van der Waals surface area contributed by atoms with Crippen molar-refractivity contribution in [2.75, 3.05) is 5.73 Å².